The number of hydrogen-bond donors (Lipinski definition) is 1. The Morgan fingerprint density at radius 2 is 2.09 bits per heavy atom. The summed E-state index contributed by atoms with van der Waals surface area (Å²) in [4.78, 5) is 12.0. The molecule has 0 radical (unpaired) electrons. The van der Waals surface area contributed by atoms with Gasteiger partial charge in [-0.25, -0.2) is 0 Å². The van der Waals surface area contributed by atoms with Crippen molar-refractivity contribution in [2.75, 3.05) is 5.75 Å². The van der Waals surface area contributed by atoms with Gasteiger partial charge in [-0.15, -0.1) is 5.10 Å². The van der Waals surface area contributed by atoms with E-state index in [1.54, 1.807) is 4.68 Å². The Bertz CT molecular complexity index is 602. The van der Waals surface area contributed by atoms with Crippen LogP contribution in [0.3, 0.4) is 0 Å². The Balaban J connectivity index is 1.82. The van der Waals surface area contributed by atoms with E-state index < -0.39 is 0 Å². The zero-order chi connectivity index (χ0) is 16.5. The van der Waals surface area contributed by atoms with Crippen molar-refractivity contribution in [2.45, 2.75) is 50.7 Å². The molecule has 1 N–H and O–H groups in total. The zero-order valence-electron chi connectivity index (χ0n) is 13.6. The van der Waals surface area contributed by atoms with Crippen LogP contribution in [0.25, 0.3) is 5.69 Å². The largest absolute Gasteiger partial charge is 0.353 e. The number of amides is 1. The van der Waals surface area contributed by atoms with Gasteiger partial charge < -0.3 is 5.32 Å². The van der Waals surface area contributed by atoms with Gasteiger partial charge in [-0.3, -0.25) is 4.79 Å². The van der Waals surface area contributed by atoms with Gasteiger partial charge in [0.25, 0.3) is 0 Å². The van der Waals surface area contributed by atoms with E-state index in [1.165, 1.54) is 24.6 Å². The fraction of sp³-hybridized carbons (Fsp3) is 0.500. The standard InChI is InChI=1S/C16H23N5OS/c1-3-4-6-9-13(2)17-15(22)12-23-16-18-19-20-21(16)14-10-7-5-8-11-14/h5,7-8,10-11,13H,3-4,6,9,12H2,1-2H3,(H,17,22)/t13-/m0/s1. The third-order valence-corrected chi connectivity index (χ3v) is 4.34. The van der Waals surface area contributed by atoms with Crippen molar-refractivity contribution in [3.63, 3.8) is 0 Å². The number of aromatic nitrogens is 4. The average Bonchev–Trinajstić information content (AvgIpc) is 3.02. The van der Waals surface area contributed by atoms with E-state index in [0.717, 1.165) is 18.5 Å². The summed E-state index contributed by atoms with van der Waals surface area (Å²) in [5, 5.41) is 15.3. The Morgan fingerprint density at radius 3 is 2.83 bits per heavy atom. The molecule has 1 aromatic heterocycles. The number of carbonyl (C=O) groups excluding carboxylic acids is 1. The first-order chi connectivity index (χ1) is 11.2. The average molecular weight is 333 g/mol. The van der Waals surface area contributed by atoms with Crippen LogP contribution in [0.1, 0.15) is 39.5 Å². The molecule has 1 amide bonds. The Kier molecular flexibility index (Phi) is 7.06. The summed E-state index contributed by atoms with van der Waals surface area (Å²) < 4.78 is 1.64. The van der Waals surface area contributed by atoms with Crippen LogP contribution in [0.5, 0.6) is 0 Å². The summed E-state index contributed by atoms with van der Waals surface area (Å²) in [6.07, 6.45) is 4.57. The van der Waals surface area contributed by atoms with Crippen LogP contribution in [0, 0.1) is 0 Å². The number of nitrogens with zero attached hydrogens (tertiary/aromatic N) is 4. The monoisotopic (exact) mass is 333 g/mol. The van der Waals surface area contributed by atoms with Crippen molar-refractivity contribution in [1.82, 2.24) is 25.5 Å². The highest BCUT2D eigenvalue weighted by Crippen LogP contribution is 2.17. The summed E-state index contributed by atoms with van der Waals surface area (Å²) in [6.45, 7) is 4.23. The molecule has 2 aromatic rings. The van der Waals surface area contributed by atoms with Gasteiger partial charge in [0, 0.05) is 6.04 Å². The van der Waals surface area contributed by atoms with Crippen LogP contribution in [0.4, 0.5) is 0 Å². The molecular weight excluding hydrogens is 310 g/mol. The number of carbonyl (C=O) groups is 1. The first-order valence-electron chi connectivity index (χ1n) is 7.96. The number of unbranched alkanes of at least 4 members (excludes halogenated alkanes) is 2. The molecule has 0 aliphatic heterocycles. The molecule has 1 aromatic carbocycles. The van der Waals surface area contributed by atoms with Crippen LogP contribution in [0.15, 0.2) is 35.5 Å². The molecule has 2 rings (SSSR count). The minimum absolute atomic E-state index is 0.0154. The third-order valence-electron chi connectivity index (χ3n) is 3.42. The van der Waals surface area contributed by atoms with E-state index in [-0.39, 0.29) is 11.9 Å². The second kappa shape index (κ2) is 9.29. The maximum absolute atomic E-state index is 12.0. The molecule has 7 heteroatoms. The molecule has 0 bridgehead atoms. The van der Waals surface area contributed by atoms with E-state index in [1.807, 2.05) is 37.3 Å². The molecule has 0 saturated carbocycles. The van der Waals surface area contributed by atoms with Crippen LogP contribution in [-0.4, -0.2) is 37.9 Å². The van der Waals surface area contributed by atoms with Crippen LogP contribution >= 0.6 is 11.8 Å². The Hall–Kier alpha value is -1.89. The van der Waals surface area contributed by atoms with Gasteiger partial charge in [0.1, 0.15) is 0 Å². The van der Waals surface area contributed by atoms with E-state index in [9.17, 15) is 4.79 Å². The van der Waals surface area contributed by atoms with E-state index >= 15 is 0 Å². The Morgan fingerprint density at radius 1 is 1.30 bits per heavy atom. The van der Waals surface area contributed by atoms with Gasteiger partial charge in [0.15, 0.2) is 0 Å². The molecule has 23 heavy (non-hydrogen) atoms. The molecule has 0 saturated heterocycles. The van der Waals surface area contributed by atoms with E-state index in [0.29, 0.717) is 10.9 Å². The predicted octanol–water partition coefficient (Wildman–Crippen LogP) is 2.84. The van der Waals surface area contributed by atoms with Gasteiger partial charge >= 0.3 is 0 Å². The Labute approximate surface area is 141 Å². The highest BCUT2D eigenvalue weighted by atomic mass is 32.2. The number of hydrogen-bond acceptors (Lipinski definition) is 5. The molecule has 1 heterocycles. The summed E-state index contributed by atoms with van der Waals surface area (Å²) >= 11 is 1.34. The van der Waals surface area contributed by atoms with E-state index in [2.05, 4.69) is 27.8 Å². The lowest BCUT2D eigenvalue weighted by molar-refractivity contribution is -0.119. The predicted molar refractivity (Wildman–Crippen MR) is 91.6 cm³/mol. The van der Waals surface area contributed by atoms with E-state index in [4.69, 9.17) is 0 Å². The summed E-state index contributed by atoms with van der Waals surface area (Å²) in [6, 6.07) is 9.85. The SMILES string of the molecule is CCCCC[C@H](C)NC(=O)CSc1nnnn1-c1ccccc1. The highest BCUT2D eigenvalue weighted by Gasteiger charge is 2.12. The maximum atomic E-state index is 12.0. The van der Waals surface area contributed by atoms with Gasteiger partial charge in [0.05, 0.1) is 11.4 Å². The first kappa shape index (κ1) is 17.5. The normalized spacial score (nSPS) is 12.1. The molecule has 0 spiro atoms. The third kappa shape index (κ3) is 5.67. The number of thioether (sulfide) groups is 1. The minimum Gasteiger partial charge on any atom is -0.353 e. The first-order valence-corrected chi connectivity index (χ1v) is 8.95. The molecule has 0 unspecified atom stereocenters. The maximum Gasteiger partial charge on any atom is 0.230 e. The van der Waals surface area contributed by atoms with Crippen molar-refractivity contribution in [3.05, 3.63) is 30.3 Å². The van der Waals surface area contributed by atoms with Crippen LogP contribution < -0.4 is 5.32 Å². The van der Waals surface area contributed by atoms with Crippen molar-refractivity contribution >= 4 is 17.7 Å². The van der Waals surface area contributed by atoms with Gasteiger partial charge in [0.2, 0.25) is 11.1 Å². The zero-order valence-corrected chi connectivity index (χ0v) is 14.4. The second-order valence-electron chi connectivity index (χ2n) is 5.46. The fourth-order valence-electron chi connectivity index (χ4n) is 2.22. The fourth-order valence-corrected chi connectivity index (χ4v) is 2.92. The molecule has 6 nitrogen and oxygen atoms in total. The molecule has 0 aliphatic carbocycles. The van der Waals surface area contributed by atoms with Crippen molar-refractivity contribution in [3.8, 4) is 5.69 Å². The summed E-state index contributed by atoms with van der Waals surface area (Å²) in [5.41, 5.74) is 0.883. The quantitative estimate of drug-likeness (QED) is 0.564. The molecule has 124 valence electrons. The van der Waals surface area contributed by atoms with Crippen molar-refractivity contribution in [1.29, 1.82) is 0 Å². The topological polar surface area (TPSA) is 72.7 Å². The molecule has 0 fully saturated rings. The van der Waals surface area contributed by atoms with Gasteiger partial charge in [-0.2, -0.15) is 4.68 Å². The lowest BCUT2D eigenvalue weighted by Gasteiger charge is -2.13. The summed E-state index contributed by atoms with van der Waals surface area (Å²) in [5.74, 6) is 0.326. The number of nitrogens with one attached hydrogen (secondary N) is 1. The minimum atomic E-state index is 0.0154. The lowest BCUT2D eigenvalue weighted by Crippen LogP contribution is -2.33. The summed E-state index contributed by atoms with van der Waals surface area (Å²) in [7, 11) is 0. The van der Waals surface area contributed by atoms with Crippen molar-refractivity contribution < 1.29 is 4.79 Å². The number of tetrazole rings is 1. The molecule has 1 atom stereocenters. The van der Waals surface area contributed by atoms with Crippen molar-refractivity contribution in [2.24, 2.45) is 0 Å². The second-order valence-corrected chi connectivity index (χ2v) is 6.40. The molecule has 0 aliphatic rings. The smallest absolute Gasteiger partial charge is 0.230 e. The van der Waals surface area contributed by atoms with Crippen LogP contribution in [0.2, 0.25) is 0 Å². The molecular formula is C16H23N5OS. The van der Waals surface area contributed by atoms with Gasteiger partial charge in [-0.05, 0) is 35.9 Å². The van der Waals surface area contributed by atoms with Gasteiger partial charge in [-0.1, -0.05) is 56.1 Å². The highest BCUT2D eigenvalue weighted by molar-refractivity contribution is 7.99. The van der Waals surface area contributed by atoms with Crippen LogP contribution in [-0.2, 0) is 4.79 Å². The lowest BCUT2D eigenvalue weighted by atomic mass is 10.1. The number of para-hydroxylation sites is 1. The number of rotatable bonds is 9. The number of benzene rings is 1.